The van der Waals surface area contributed by atoms with Crippen LogP contribution >= 0.6 is 11.8 Å². The van der Waals surface area contributed by atoms with Crippen LogP contribution in [0, 0.1) is 11.3 Å². The van der Waals surface area contributed by atoms with Gasteiger partial charge >= 0.3 is 0 Å². The topological polar surface area (TPSA) is 27.0 Å². The van der Waals surface area contributed by atoms with E-state index in [1.165, 1.54) is 10.5 Å². The molecular formula is C13H18N2S. The maximum atomic E-state index is 8.53. The molecule has 0 fully saturated rings. The lowest BCUT2D eigenvalue weighted by molar-refractivity contribution is 0.379. The van der Waals surface area contributed by atoms with Gasteiger partial charge in [0.05, 0.1) is 12.6 Å². The van der Waals surface area contributed by atoms with E-state index < -0.39 is 0 Å². The lowest BCUT2D eigenvalue weighted by Gasteiger charge is -2.12. The highest BCUT2D eigenvalue weighted by molar-refractivity contribution is 7.99. The molecule has 0 spiro atoms. The van der Waals surface area contributed by atoms with Gasteiger partial charge in [-0.1, -0.05) is 19.1 Å². The van der Waals surface area contributed by atoms with Gasteiger partial charge in [-0.05, 0) is 36.9 Å². The number of nitrogens with zero attached hydrogens (tertiary/aromatic N) is 2. The number of hydrogen-bond donors (Lipinski definition) is 0. The molecule has 0 aliphatic carbocycles. The van der Waals surface area contributed by atoms with E-state index in [9.17, 15) is 0 Å². The summed E-state index contributed by atoms with van der Waals surface area (Å²) in [6.07, 6.45) is 1.01. The molecule has 0 unspecified atom stereocenters. The number of rotatable bonds is 6. The molecule has 0 amide bonds. The number of thioether (sulfide) groups is 1. The Morgan fingerprint density at radius 3 is 2.56 bits per heavy atom. The van der Waals surface area contributed by atoms with E-state index in [1.54, 1.807) is 0 Å². The van der Waals surface area contributed by atoms with Crippen molar-refractivity contribution >= 4 is 11.8 Å². The Bertz CT molecular complexity index is 340. The van der Waals surface area contributed by atoms with Crippen LogP contribution in [0.1, 0.15) is 12.5 Å². The summed E-state index contributed by atoms with van der Waals surface area (Å²) >= 11 is 1.86. The summed E-state index contributed by atoms with van der Waals surface area (Å²) in [7, 11) is 1.98. The molecule has 16 heavy (non-hydrogen) atoms. The van der Waals surface area contributed by atoms with Crippen LogP contribution in [0.3, 0.4) is 0 Å². The normalized spacial score (nSPS) is 10.4. The minimum absolute atomic E-state index is 0.504. The fraction of sp³-hybridized carbons (Fsp3) is 0.462. The smallest absolute Gasteiger partial charge is 0.0863 e. The van der Waals surface area contributed by atoms with Crippen molar-refractivity contribution in [2.24, 2.45) is 0 Å². The number of benzene rings is 1. The molecule has 0 saturated carbocycles. The van der Waals surface area contributed by atoms with Gasteiger partial charge in [0.2, 0.25) is 0 Å². The zero-order valence-electron chi connectivity index (χ0n) is 9.94. The molecule has 1 rings (SSSR count). The third-order valence-electron chi connectivity index (χ3n) is 2.36. The first-order valence-corrected chi connectivity index (χ1v) is 6.52. The van der Waals surface area contributed by atoms with Gasteiger partial charge < -0.3 is 0 Å². The summed E-state index contributed by atoms with van der Waals surface area (Å²) < 4.78 is 0. The van der Waals surface area contributed by atoms with Gasteiger partial charge in [-0.25, -0.2) is 0 Å². The fourth-order valence-corrected chi connectivity index (χ4v) is 2.10. The highest BCUT2D eigenvalue weighted by Crippen LogP contribution is 2.17. The van der Waals surface area contributed by atoms with Crippen LogP contribution in [-0.2, 0) is 6.42 Å². The highest BCUT2D eigenvalue weighted by Gasteiger charge is 1.99. The third-order valence-corrected chi connectivity index (χ3v) is 3.25. The van der Waals surface area contributed by atoms with Gasteiger partial charge in [-0.3, -0.25) is 4.90 Å². The molecule has 0 atom stereocenters. The van der Waals surface area contributed by atoms with Crippen molar-refractivity contribution < 1.29 is 0 Å². The van der Waals surface area contributed by atoms with Crippen molar-refractivity contribution in [3.05, 3.63) is 29.8 Å². The molecule has 0 aliphatic rings. The maximum Gasteiger partial charge on any atom is 0.0863 e. The largest absolute Gasteiger partial charge is 0.293 e. The van der Waals surface area contributed by atoms with Gasteiger partial charge in [-0.2, -0.15) is 5.26 Å². The van der Waals surface area contributed by atoms with Crippen LogP contribution in [0.2, 0.25) is 0 Å². The number of nitriles is 1. The monoisotopic (exact) mass is 234 g/mol. The van der Waals surface area contributed by atoms with Crippen molar-refractivity contribution in [2.45, 2.75) is 18.2 Å². The Labute approximate surface area is 102 Å². The Morgan fingerprint density at radius 2 is 2.00 bits per heavy atom. The molecule has 0 N–H and O–H groups in total. The molecule has 0 aromatic heterocycles. The van der Waals surface area contributed by atoms with Crippen molar-refractivity contribution in [2.75, 3.05) is 25.9 Å². The molecule has 86 valence electrons. The molecule has 1 aromatic carbocycles. The maximum absolute atomic E-state index is 8.53. The Hall–Kier alpha value is -0.980. The quantitative estimate of drug-likeness (QED) is 0.559. The second kappa shape index (κ2) is 7.32. The summed E-state index contributed by atoms with van der Waals surface area (Å²) in [4.78, 5) is 3.37. The van der Waals surface area contributed by atoms with Gasteiger partial charge in [0.15, 0.2) is 0 Å². The molecule has 1 aromatic rings. The highest BCUT2D eigenvalue weighted by atomic mass is 32.2. The van der Waals surface area contributed by atoms with Crippen LogP contribution in [0.25, 0.3) is 0 Å². The van der Waals surface area contributed by atoms with Gasteiger partial charge in [0.25, 0.3) is 0 Å². The van der Waals surface area contributed by atoms with Crippen LogP contribution in [0.15, 0.2) is 29.2 Å². The third kappa shape index (κ3) is 4.69. The van der Waals surface area contributed by atoms with Crippen LogP contribution in [0.4, 0.5) is 0 Å². The van der Waals surface area contributed by atoms with E-state index in [-0.39, 0.29) is 0 Å². The molecular weight excluding hydrogens is 216 g/mol. The van der Waals surface area contributed by atoms with E-state index in [0.717, 1.165) is 18.7 Å². The summed E-state index contributed by atoms with van der Waals surface area (Å²) in [5.74, 6) is 1.12. The Morgan fingerprint density at radius 1 is 1.31 bits per heavy atom. The van der Waals surface area contributed by atoms with E-state index in [1.807, 2.05) is 23.7 Å². The average molecular weight is 234 g/mol. The number of hydrogen-bond acceptors (Lipinski definition) is 3. The lowest BCUT2D eigenvalue weighted by Crippen LogP contribution is -2.21. The van der Waals surface area contributed by atoms with Crippen LogP contribution in [0.5, 0.6) is 0 Å². The SMILES string of the molecule is CCSc1ccc(CCN(C)CC#N)cc1. The first kappa shape index (κ1) is 13.1. The second-order valence-corrected chi connectivity index (χ2v) is 5.06. The summed E-state index contributed by atoms with van der Waals surface area (Å²) in [6.45, 7) is 3.60. The zero-order valence-corrected chi connectivity index (χ0v) is 10.8. The van der Waals surface area contributed by atoms with Crippen molar-refractivity contribution in [3.63, 3.8) is 0 Å². The van der Waals surface area contributed by atoms with Crippen molar-refractivity contribution in [3.8, 4) is 6.07 Å². The molecule has 3 heteroatoms. The van der Waals surface area contributed by atoms with Crippen LogP contribution in [-0.4, -0.2) is 30.8 Å². The van der Waals surface area contributed by atoms with Gasteiger partial charge in [-0.15, -0.1) is 11.8 Å². The zero-order chi connectivity index (χ0) is 11.8. The van der Waals surface area contributed by atoms with Crippen molar-refractivity contribution in [1.29, 1.82) is 5.26 Å². The lowest BCUT2D eigenvalue weighted by atomic mass is 10.1. The first-order chi connectivity index (χ1) is 7.76. The number of likely N-dealkylation sites (N-methyl/N-ethyl adjacent to an activating group) is 1. The fourth-order valence-electron chi connectivity index (χ4n) is 1.44. The molecule has 0 bridgehead atoms. The average Bonchev–Trinajstić information content (AvgIpc) is 2.29. The van der Waals surface area contributed by atoms with Crippen molar-refractivity contribution in [1.82, 2.24) is 4.90 Å². The minimum atomic E-state index is 0.504. The summed E-state index contributed by atoms with van der Waals surface area (Å²) in [5, 5.41) is 8.53. The standard InChI is InChI=1S/C13H18N2S/c1-3-16-13-6-4-12(5-7-13)8-10-15(2)11-9-14/h4-7H,3,8,10-11H2,1-2H3. The van der Waals surface area contributed by atoms with E-state index in [4.69, 9.17) is 5.26 Å². The predicted octanol–water partition coefficient (Wildman–Crippen LogP) is 2.80. The van der Waals surface area contributed by atoms with E-state index >= 15 is 0 Å². The van der Waals surface area contributed by atoms with Gasteiger partial charge in [0, 0.05) is 11.4 Å². The summed E-state index contributed by atoms with van der Waals surface area (Å²) in [5.41, 5.74) is 1.34. The minimum Gasteiger partial charge on any atom is -0.293 e. The molecule has 0 radical (unpaired) electrons. The summed E-state index contributed by atoms with van der Waals surface area (Å²) in [6, 6.07) is 10.9. The Kier molecular flexibility index (Phi) is 5.99. The first-order valence-electron chi connectivity index (χ1n) is 5.53. The molecule has 0 saturated heterocycles. The second-order valence-electron chi connectivity index (χ2n) is 3.72. The molecule has 2 nitrogen and oxygen atoms in total. The van der Waals surface area contributed by atoms with Gasteiger partial charge in [0.1, 0.15) is 0 Å². The van der Waals surface area contributed by atoms with Crippen LogP contribution < -0.4 is 0 Å². The Balaban J connectivity index is 2.40. The predicted molar refractivity (Wildman–Crippen MR) is 69.7 cm³/mol. The molecule has 0 aliphatic heterocycles. The van der Waals surface area contributed by atoms with E-state index in [0.29, 0.717) is 6.54 Å². The van der Waals surface area contributed by atoms with E-state index in [2.05, 4.69) is 37.3 Å². The molecule has 0 heterocycles.